The summed E-state index contributed by atoms with van der Waals surface area (Å²) in [6.07, 6.45) is 8.07. The number of piperidine rings is 1. The molecule has 0 bridgehead atoms. The summed E-state index contributed by atoms with van der Waals surface area (Å²) in [6.45, 7) is 6.03. The number of pyridine rings is 2. The van der Waals surface area contributed by atoms with Gasteiger partial charge in [0.25, 0.3) is 5.91 Å². The van der Waals surface area contributed by atoms with E-state index < -0.39 is 11.7 Å². The smallest absolute Gasteiger partial charge is 0.255 e. The van der Waals surface area contributed by atoms with Crippen molar-refractivity contribution in [3.63, 3.8) is 0 Å². The zero-order chi connectivity index (χ0) is 27.6. The van der Waals surface area contributed by atoms with Crippen LogP contribution in [-0.2, 0) is 4.79 Å². The van der Waals surface area contributed by atoms with Crippen molar-refractivity contribution in [2.75, 3.05) is 49.1 Å². The molecule has 1 fully saturated rings. The fourth-order valence-corrected chi connectivity index (χ4v) is 4.35. The summed E-state index contributed by atoms with van der Waals surface area (Å²) in [7, 11) is 0. The molecule has 2 aromatic heterocycles. The van der Waals surface area contributed by atoms with Gasteiger partial charge < -0.3 is 26.6 Å². The number of hydrogen-bond donors (Lipinski definition) is 4. The molecule has 4 rings (SSSR count). The van der Waals surface area contributed by atoms with E-state index in [1.807, 2.05) is 6.92 Å². The number of carbonyl (C=O) groups is 2. The third-order valence-electron chi connectivity index (χ3n) is 6.41. The van der Waals surface area contributed by atoms with Gasteiger partial charge in [-0.25, -0.2) is 14.4 Å². The Morgan fingerprint density at radius 1 is 1.10 bits per heavy atom. The lowest BCUT2D eigenvalue weighted by atomic mass is 10.1. The SMILES string of the molecule is CCNc1nc(-c2ccc(NC(=O)/C=C/c3ccc(N)nc3)c(F)c2)ccc1C(=O)NCCN1CCCCC1. The highest BCUT2D eigenvalue weighted by Crippen LogP contribution is 2.26. The van der Waals surface area contributed by atoms with E-state index in [1.165, 1.54) is 43.7 Å². The molecule has 204 valence electrons. The minimum atomic E-state index is -0.602. The monoisotopic (exact) mass is 531 g/mol. The number of carbonyl (C=O) groups excluding carboxylic acids is 2. The highest BCUT2D eigenvalue weighted by molar-refractivity contribution is 6.02. The van der Waals surface area contributed by atoms with Crippen LogP contribution in [0.1, 0.15) is 42.1 Å². The molecule has 2 amide bonds. The predicted octanol–water partition coefficient (Wildman–Crippen LogP) is 4.16. The molecule has 0 spiro atoms. The van der Waals surface area contributed by atoms with Crippen molar-refractivity contribution < 1.29 is 14.0 Å². The van der Waals surface area contributed by atoms with Gasteiger partial charge in [0.1, 0.15) is 17.5 Å². The molecular formula is C29H34FN7O2. The maximum Gasteiger partial charge on any atom is 0.255 e. The van der Waals surface area contributed by atoms with Gasteiger partial charge in [0, 0.05) is 37.5 Å². The first-order chi connectivity index (χ1) is 18.9. The second-order valence-electron chi connectivity index (χ2n) is 9.31. The van der Waals surface area contributed by atoms with E-state index in [-0.39, 0.29) is 11.6 Å². The second kappa shape index (κ2) is 13.5. The molecule has 1 aliphatic rings. The number of benzene rings is 1. The van der Waals surface area contributed by atoms with E-state index in [2.05, 4.69) is 30.8 Å². The van der Waals surface area contributed by atoms with Crippen molar-refractivity contribution in [3.8, 4) is 11.3 Å². The number of anilines is 3. The molecule has 0 atom stereocenters. The van der Waals surface area contributed by atoms with Crippen LogP contribution in [0.2, 0.25) is 0 Å². The average molecular weight is 532 g/mol. The van der Waals surface area contributed by atoms with Crippen molar-refractivity contribution in [2.45, 2.75) is 26.2 Å². The summed E-state index contributed by atoms with van der Waals surface area (Å²) in [5, 5.41) is 8.66. The van der Waals surface area contributed by atoms with Crippen LogP contribution in [0, 0.1) is 5.82 Å². The zero-order valence-electron chi connectivity index (χ0n) is 22.0. The summed E-state index contributed by atoms with van der Waals surface area (Å²) < 4.78 is 14.9. The van der Waals surface area contributed by atoms with Gasteiger partial charge in [-0.3, -0.25) is 9.59 Å². The fraction of sp³-hybridized carbons (Fsp3) is 0.310. The van der Waals surface area contributed by atoms with E-state index >= 15 is 0 Å². The Labute approximate surface area is 227 Å². The van der Waals surface area contributed by atoms with Crippen molar-refractivity contribution in [3.05, 3.63) is 71.7 Å². The Bertz CT molecular complexity index is 1320. The van der Waals surface area contributed by atoms with Crippen LogP contribution in [0.25, 0.3) is 17.3 Å². The van der Waals surface area contributed by atoms with Gasteiger partial charge in [-0.05, 0) is 80.9 Å². The summed E-state index contributed by atoms with van der Waals surface area (Å²) in [5.41, 5.74) is 7.75. The predicted molar refractivity (Wildman–Crippen MR) is 153 cm³/mol. The van der Waals surface area contributed by atoms with Gasteiger partial charge >= 0.3 is 0 Å². The van der Waals surface area contributed by atoms with Crippen LogP contribution >= 0.6 is 0 Å². The summed E-state index contributed by atoms with van der Waals surface area (Å²) >= 11 is 0. The Morgan fingerprint density at radius 3 is 2.64 bits per heavy atom. The molecule has 10 heteroatoms. The average Bonchev–Trinajstić information content (AvgIpc) is 2.94. The first-order valence-corrected chi connectivity index (χ1v) is 13.2. The molecule has 9 nitrogen and oxygen atoms in total. The largest absolute Gasteiger partial charge is 0.384 e. The first-order valence-electron chi connectivity index (χ1n) is 13.2. The molecule has 0 saturated carbocycles. The summed E-state index contributed by atoms with van der Waals surface area (Å²) in [6, 6.07) is 11.2. The number of nitrogen functional groups attached to an aromatic ring is 1. The number of halogens is 1. The van der Waals surface area contributed by atoms with E-state index in [1.54, 1.807) is 36.4 Å². The van der Waals surface area contributed by atoms with Crippen LogP contribution in [-0.4, -0.2) is 59.4 Å². The number of nitrogens with zero attached hydrogens (tertiary/aromatic N) is 3. The van der Waals surface area contributed by atoms with Crippen molar-refractivity contribution in [2.24, 2.45) is 0 Å². The minimum absolute atomic E-state index is 0.0421. The highest BCUT2D eigenvalue weighted by atomic mass is 19.1. The van der Waals surface area contributed by atoms with Crippen LogP contribution < -0.4 is 21.7 Å². The van der Waals surface area contributed by atoms with Crippen LogP contribution in [0.5, 0.6) is 0 Å². The highest BCUT2D eigenvalue weighted by Gasteiger charge is 2.16. The molecule has 1 saturated heterocycles. The van der Waals surface area contributed by atoms with Crippen LogP contribution in [0.4, 0.5) is 21.7 Å². The number of amides is 2. The maximum absolute atomic E-state index is 14.9. The second-order valence-corrected chi connectivity index (χ2v) is 9.31. The normalized spacial score (nSPS) is 13.8. The van der Waals surface area contributed by atoms with Gasteiger partial charge in [0.2, 0.25) is 5.91 Å². The third kappa shape index (κ3) is 7.84. The topological polar surface area (TPSA) is 125 Å². The molecule has 5 N–H and O–H groups in total. The van der Waals surface area contributed by atoms with E-state index in [0.717, 1.165) is 19.6 Å². The van der Waals surface area contributed by atoms with E-state index in [0.29, 0.717) is 47.1 Å². The van der Waals surface area contributed by atoms with Crippen molar-refractivity contribution in [1.29, 1.82) is 0 Å². The third-order valence-corrected chi connectivity index (χ3v) is 6.41. The number of aromatic nitrogens is 2. The molecule has 0 unspecified atom stereocenters. The first kappa shape index (κ1) is 27.7. The Balaban J connectivity index is 1.41. The van der Waals surface area contributed by atoms with Gasteiger partial charge in [-0.2, -0.15) is 0 Å². The molecule has 39 heavy (non-hydrogen) atoms. The lowest BCUT2D eigenvalue weighted by Crippen LogP contribution is -2.37. The quantitative estimate of drug-likeness (QED) is 0.290. The van der Waals surface area contributed by atoms with E-state index in [9.17, 15) is 14.0 Å². The summed E-state index contributed by atoms with van der Waals surface area (Å²) in [5.74, 6) is -0.469. The Morgan fingerprint density at radius 2 is 1.92 bits per heavy atom. The molecule has 1 aliphatic heterocycles. The maximum atomic E-state index is 14.9. The molecular weight excluding hydrogens is 497 g/mol. The minimum Gasteiger partial charge on any atom is -0.384 e. The number of nitrogens with one attached hydrogen (secondary N) is 3. The number of rotatable bonds is 10. The van der Waals surface area contributed by atoms with Gasteiger partial charge in [0.15, 0.2) is 0 Å². The van der Waals surface area contributed by atoms with E-state index in [4.69, 9.17) is 5.73 Å². The molecule has 3 aromatic rings. The lowest BCUT2D eigenvalue weighted by molar-refractivity contribution is -0.111. The zero-order valence-corrected chi connectivity index (χ0v) is 22.0. The van der Waals surface area contributed by atoms with Crippen molar-refractivity contribution >= 4 is 35.2 Å². The fourth-order valence-electron chi connectivity index (χ4n) is 4.35. The Kier molecular flexibility index (Phi) is 9.58. The van der Waals surface area contributed by atoms with Gasteiger partial charge in [-0.1, -0.05) is 12.5 Å². The number of hydrogen-bond acceptors (Lipinski definition) is 7. The molecule has 3 heterocycles. The molecule has 0 radical (unpaired) electrons. The number of nitrogens with two attached hydrogens (primary N) is 1. The molecule has 0 aliphatic carbocycles. The Hall–Kier alpha value is -4.31. The number of likely N-dealkylation sites (tertiary alicyclic amines) is 1. The lowest BCUT2D eigenvalue weighted by Gasteiger charge is -2.26. The molecule has 1 aromatic carbocycles. The summed E-state index contributed by atoms with van der Waals surface area (Å²) in [4.78, 5) is 36.1. The van der Waals surface area contributed by atoms with Crippen LogP contribution in [0.3, 0.4) is 0 Å². The van der Waals surface area contributed by atoms with Crippen LogP contribution in [0.15, 0.2) is 54.7 Å². The van der Waals surface area contributed by atoms with Gasteiger partial charge in [-0.15, -0.1) is 0 Å². The van der Waals surface area contributed by atoms with Gasteiger partial charge in [0.05, 0.1) is 16.9 Å². The van der Waals surface area contributed by atoms with Crippen molar-refractivity contribution in [1.82, 2.24) is 20.2 Å². The standard InChI is InChI=1S/C29H34FN7O2/c1-2-32-28-22(29(39)33-14-17-37-15-4-3-5-16-37)9-11-24(36-28)21-8-10-25(23(30)18-21)35-27(38)13-7-20-6-12-26(31)34-19-20/h6-13,18-19H,2-5,14-17H2,1H3,(H2,31,34)(H,32,36)(H,33,39)(H,35,38)/b13-7+.